The average Bonchev–Trinajstić information content (AvgIpc) is 2.90. The van der Waals surface area contributed by atoms with Gasteiger partial charge in [0.1, 0.15) is 0 Å². The van der Waals surface area contributed by atoms with Gasteiger partial charge in [0.15, 0.2) is 5.82 Å². The van der Waals surface area contributed by atoms with Crippen LogP contribution in [0.5, 0.6) is 0 Å². The molecule has 1 aromatic rings. The van der Waals surface area contributed by atoms with E-state index in [0.29, 0.717) is 17.9 Å². The summed E-state index contributed by atoms with van der Waals surface area (Å²) in [5, 5.41) is 4.16. The highest BCUT2D eigenvalue weighted by Gasteiger charge is 2.27. The molecule has 100 valence electrons. The molecule has 1 saturated carbocycles. The van der Waals surface area contributed by atoms with Gasteiger partial charge in [0.25, 0.3) is 0 Å². The first-order valence-corrected chi connectivity index (χ1v) is 7.00. The molecule has 18 heavy (non-hydrogen) atoms. The zero-order chi connectivity index (χ0) is 12.4. The van der Waals surface area contributed by atoms with Gasteiger partial charge in [-0.1, -0.05) is 5.16 Å². The average molecular weight is 251 g/mol. The van der Waals surface area contributed by atoms with Crippen LogP contribution in [0.15, 0.2) is 4.52 Å². The molecule has 1 aliphatic carbocycles. The van der Waals surface area contributed by atoms with Crippen molar-refractivity contribution in [2.75, 3.05) is 13.2 Å². The second-order valence-corrected chi connectivity index (χ2v) is 5.49. The van der Waals surface area contributed by atoms with Gasteiger partial charge in [0.2, 0.25) is 5.89 Å². The lowest BCUT2D eigenvalue weighted by atomic mass is 9.86. The van der Waals surface area contributed by atoms with E-state index in [4.69, 9.17) is 15.0 Å². The second kappa shape index (κ2) is 5.36. The maximum atomic E-state index is 5.92. The maximum Gasteiger partial charge on any atom is 0.229 e. The Morgan fingerprint density at radius 2 is 1.67 bits per heavy atom. The fraction of sp³-hybridized carbons (Fsp3) is 0.846. The standard InChI is InChI=1S/C13H21N3O2/c14-11-3-1-10(2-4-11)13-15-12(16-18-13)9-5-7-17-8-6-9/h9-11H,1-8,14H2. The Balaban J connectivity index is 1.65. The minimum absolute atomic E-state index is 0.360. The zero-order valence-corrected chi connectivity index (χ0v) is 10.7. The van der Waals surface area contributed by atoms with E-state index in [1.165, 1.54) is 0 Å². The molecule has 1 aliphatic heterocycles. The van der Waals surface area contributed by atoms with E-state index < -0.39 is 0 Å². The van der Waals surface area contributed by atoms with Crippen LogP contribution in [-0.2, 0) is 4.74 Å². The third-order valence-corrected chi connectivity index (χ3v) is 4.16. The first-order valence-electron chi connectivity index (χ1n) is 7.00. The van der Waals surface area contributed by atoms with Crippen LogP contribution in [-0.4, -0.2) is 29.4 Å². The Kier molecular flexibility index (Phi) is 3.61. The number of nitrogens with zero attached hydrogens (tertiary/aromatic N) is 2. The lowest BCUT2D eigenvalue weighted by Crippen LogP contribution is -2.25. The van der Waals surface area contributed by atoms with Gasteiger partial charge < -0.3 is 15.0 Å². The number of ether oxygens (including phenoxy) is 1. The summed E-state index contributed by atoms with van der Waals surface area (Å²) in [7, 11) is 0. The minimum atomic E-state index is 0.360. The molecule has 0 radical (unpaired) electrons. The van der Waals surface area contributed by atoms with Gasteiger partial charge in [0.05, 0.1) is 0 Å². The van der Waals surface area contributed by atoms with Crippen LogP contribution < -0.4 is 5.73 Å². The molecule has 2 heterocycles. The summed E-state index contributed by atoms with van der Waals surface area (Å²) in [6.07, 6.45) is 6.31. The van der Waals surface area contributed by atoms with Gasteiger partial charge in [-0.15, -0.1) is 0 Å². The van der Waals surface area contributed by atoms with E-state index in [0.717, 1.165) is 63.5 Å². The van der Waals surface area contributed by atoms with Gasteiger partial charge in [-0.2, -0.15) is 4.98 Å². The molecule has 0 atom stereocenters. The highest BCUT2D eigenvalue weighted by atomic mass is 16.5. The molecule has 5 heteroatoms. The summed E-state index contributed by atoms with van der Waals surface area (Å²) in [5.41, 5.74) is 5.92. The molecule has 1 aromatic heterocycles. The quantitative estimate of drug-likeness (QED) is 0.869. The van der Waals surface area contributed by atoms with Crippen LogP contribution >= 0.6 is 0 Å². The molecule has 0 unspecified atom stereocenters. The normalized spacial score (nSPS) is 30.5. The molecule has 0 bridgehead atoms. The van der Waals surface area contributed by atoms with E-state index in [1.54, 1.807) is 0 Å². The van der Waals surface area contributed by atoms with Gasteiger partial charge >= 0.3 is 0 Å². The van der Waals surface area contributed by atoms with Crippen molar-refractivity contribution in [1.82, 2.24) is 10.1 Å². The zero-order valence-electron chi connectivity index (χ0n) is 10.7. The second-order valence-electron chi connectivity index (χ2n) is 5.49. The number of hydrogen-bond acceptors (Lipinski definition) is 5. The molecular formula is C13H21N3O2. The van der Waals surface area contributed by atoms with Crippen molar-refractivity contribution in [3.63, 3.8) is 0 Å². The van der Waals surface area contributed by atoms with Gasteiger partial charge in [-0.3, -0.25) is 0 Å². The lowest BCUT2D eigenvalue weighted by Gasteiger charge is -2.23. The minimum Gasteiger partial charge on any atom is -0.381 e. The predicted molar refractivity (Wildman–Crippen MR) is 66.3 cm³/mol. The molecule has 2 aliphatic rings. The summed E-state index contributed by atoms with van der Waals surface area (Å²) in [6.45, 7) is 1.62. The van der Waals surface area contributed by atoms with E-state index >= 15 is 0 Å². The molecule has 5 nitrogen and oxygen atoms in total. The van der Waals surface area contributed by atoms with Gasteiger partial charge in [-0.05, 0) is 38.5 Å². The molecular weight excluding hydrogens is 230 g/mol. The number of nitrogens with two attached hydrogens (primary N) is 1. The van der Waals surface area contributed by atoms with E-state index in [-0.39, 0.29) is 0 Å². The number of hydrogen-bond donors (Lipinski definition) is 1. The smallest absolute Gasteiger partial charge is 0.229 e. The van der Waals surface area contributed by atoms with Crippen molar-refractivity contribution >= 4 is 0 Å². The van der Waals surface area contributed by atoms with Crippen molar-refractivity contribution < 1.29 is 9.26 Å². The van der Waals surface area contributed by atoms with Crippen molar-refractivity contribution in [2.45, 2.75) is 56.4 Å². The Labute approximate surface area is 107 Å². The summed E-state index contributed by atoms with van der Waals surface area (Å²) < 4.78 is 10.8. The topological polar surface area (TPSA) is 74.2 Å². The molecule has 2 fully saturated rings. The van der Waals surface area contributed by atoms with Crippen LogP contribution in [0, 0.1) is 0 Å². The number of aromatic nitrogens is 2. The predicted octanol–water partition coefficient (Wildman–Crippen LogP) is 1.95. The van der Waals surface area contributed by atoms with E-state index in [1.807, 2.05) is 0 Å². The van der Waals surface area contributed by atoms with E-state index in [9.17, 15) is 0 Å². The monoisotopic (exact) mass is 251 g/mol. The van der Waals surface area contributed by atoms with Gasteiger partial charge in [0, 0.05) is 31.1 Å². The third kappa shape index (κ3) is 2.57. The fourth-order valence-electron chi connectivity index (χ4n) is 2.90. The van der Waals surface area contributed by atoms with E-state index in [2.05, 4.69) is 10.1 Å². The van der Waals surface area contributed by atoms with Crippen molar-refractivity contribution in [2.24, 2.45) is 5.73 Å². The van der Waals surface area contributed by atoms with Crippen LogP contribution in [0.4, 0.5) is 0 Å². The highest BCUT2D eigenvalue weighted by molar-refractivity contribution is 5.01. The van der Waals surface area contributed by atoms with Crippen molar-refractivity contribution in [1.29, 1.82) is 0 Å². The molecule has 0 spiro atoms. The van der Waals surface area contributed by atoms with Crippen LogP contribution in [0.3, 0.4) is 0 Å². The summed E-state index contributed by atoms with van der Waals surface area (Å²) in [4.78, 5) is 4.61. The molecule has 0 aromatic carbocycles. The molecule has 3 rings (SSSR count). The third-order valence-electron chi connectivity index (χ3n) is 4.16. The van der Waals surface area contributed by atoms with Crippen LogP contribution in [0.25, 0.3) is 0 Å². The van der Waals surface area contributed by atoms with Gasteiger partial charge in [-0.25, -0.2) is 0 Å². The highest BCUT2D eigenvalue weighted by Crippen LogP contribution is 2.32. The maximum absolute atomic E-state index is 5.92. The Hall–Kier alpha value is -0.940. The van der Waals surface area contributed by atoms with Crippen molar-refractivity contribution in [3.05, 3.63) is 11.7 Å². The Bertz CT molecular complexity index is 379. The summed E-state index contributed by atoms with van der Waals surface area (Å²) in [5.74, 6) is 2.54. The Morgan fingerprint density at radius 3 is 2.39 bits per heavy atom. The first-order chi connectivity index (χ1) is 8.83. The van der Waals surface area contributed by atoms with Crippen LogP contribution in [0.2, 0.25) is 0 Å². The lowest BCUT2D eigenvalue weighted by molar-refractivity contribution is 0.0830. The molecule has 1 saturated heterocycles. The first kappa shape index (κ1) is 12.1. The van der Waals surface area contributed by atoms with Crippen molar-refractivity contribution in [3.8, 4) is 0 Å². The molecule has 0 amide bonds. The SMILES string of the molecule is NC1CCC(c2nc(C3CCOCC3)no2)CC1. The molecule has 2 N–H and O–H groups in total. The Morgan fingerprint density at radius 1 is 0.944 bits per heavy atom. The summed E-state index contributed by atoms with van der Waals surface area (Å²) in [6, 6.07) is 0.360. The van der Waals surface area contributed by atoms with Crippen LogP contribution in [0.1, 0.15) is 62.1 Å². The largest absolute Gasteiger partial charge is 0.381 e. The number of rotatable bonds is 2. The fourth-order valence-corrected chi connectivity index (χ4v) is 2.90. The summed E-state index contributed by atoms with van der Waals surface area (Å²) >= 11 is 0.